The third-order valence-electron chi connectivity index (χ3n) is 5.74. The summed E-state index contributed by atoms with van der Waals surface area (Å²) in [5.74, 6) is 0.924. The van der Waals surface area contributed by atoms with Crippen molar-refractivity contribution in [2.24, 2.45) is 0 Å². The largest absolute Gasteiger partial charge is 0.543 e. The molecule has 0 fully saturated rings. The molecule has 0 unspecified atom stereocenters. The molecule has 3 rings (SSSR count). The van der Waals surface area contributed by atoms with Crippen molar-refractivity contribution in [2.75, 3.05) is 0 Å². The fourth-order valence-corrected chi connectivity index (χ4v) is 6.10. The maximum absolute atomic E-state index is 12.8. The number of alkyl halides is 3. The molecular weight excluding hydrogens is 467 g/mol. The van der Waals surface area contributed by atoms with Gasteiger partial charge in [-0.3, -0.25) is 0 Å². The van der Waals surface area contributed by atoms with Crippen LogP contribution in [-0.4, -0.2) is 13.3 Å². The Morgan fingerprint density at radius 2 is 1.59 bits per heavy atom. The van der Waals surface area contributed by atoms with Crippen LogP contribution in [0.4, 0.5) is 13.2 Å². The van der Waals surface area contributed by atoms with E-state index >= 15 is 0 Å². The minimum atomic E-state index is -4.34. The molecule has 0 aliphatic carbocycles. The summed E-state index contributed by atoms with van der Waals surface area (Å²) in [6, 6.07) is 11.4. The number of hydrogen-bond donors (Lipinski definition) is 0. The molecule has 2 nitrogen and oxygen atoms in total. The Bertz CT molecular complexity index is 1100. The third-order valence-corrected chi connectivity index (χ3v) is 12.6. The van der Waals surface area contributed by atoms with Crippen molar-refractivity contribution in [1.29, 1.82) is 0 Å². The van der Waals surface area contributed by atoms with Crippen LogP contribution in [-0.2, 0) is 6.18 Å². The lowest BCUT2D eigenvalue weighted by Crippen LogP contribution is -2.44. The zero-order valence-corrected chi connectivity index (χ0v) is 22.0. The van der Waals surface area contributed by atoms with E-state index in [0.717, 1.165) is 38.2 Å². The number of rotatable bonds is 5. The van der Waals surface area contributed by atoms with Crippen LogP contribution in [0.25, 0.3) is 10.6 Å². The summed E-state index contributed by atoms with van der Waals surface area (Å²) in [7, 11) is -1.91. The molecule has 1 aromatic heterocycles. The van der Waals surface area contributed by atoms with Gasteiger partial charge in [0.05, 0.1) is 15.5 Å². The molecule has 0 amide bonds. The lowest BCUT2D eigenvalue weighted by molar-refractivity contribution is -0.137. The molecule has 0 radical (unpaired) electrons. The van der Waals surface area contributed by atoms with Gasteiger partial charge < -0.3 is 4.43 Å². The first-order chi connectivity index (χ1) is 14.7. The Morgan fingerprint density at radius 3 is 2.12 bits per heavy atom. The second-order valence-electron chi connectivity index (χ2n) is 9.36. The van der Waals surface area contributed by atoms with E-state index in [0.29, 0.717) is 10.6 Å². The Balaban J connectivity index is 1.79. The maximum atomic E-state index is 12.8. The number of benzene rings is 2. The highest BCUT2D eigenvalue weighted by Crippen LogP contribution is 2.42. The SMILES string of the molecule is Cc1cc(Sc2sc(-c3ccc(C(F)(F)F)cc3)nc2C)ccc1O[Si](C)(C)C(C)(C)C. The van der Waals surface area contributed by atoms with E-state index in [1.807, 2.05) is 13.0 Å². The van der Waals surface area contributed by atoms with E-state index in [2.05, 4.69) is 57.9 Å². The summed E-state index contributed by atoms with van der Waals surface area (Å²) in [5.41, 5.74) is 1.99. The van der Waals surface area contributed by atoms with Crippen molar-refractivity contribution in [3.05, 3.63) is 59.3 Å². The van der Waals surface area contributed by atoms with Crippen molar-refractivity contribution in [1.82, 2.24) is 4.98 Å². The molecule has 0 atom stereocenters. The van der Waals surface area contributed by atoms with Crippen LogP contribution in [0.15, 0.2) is 51.6 Å². The Morgan fingerprint density at radius 1 is 0.969 bits per heavy atom. The van der Waals surface area contributed by atoms with Gasteiger partial charge in [0.2, 0.25) is 8.32 Å². The van der Waals surface area contributed by atoms with Gasteiger partial charge in [-0.25, -0.2) is 4.98 Å². The molecule has 0 bridgehead atoms. The molecule has 0 aliphatic rings. The van der Waals surface area contributed by atoms with Gasteiger partial charge in [0.1, 0.15) is 10.8 Å². The first-order valence-corrected chi connectivity index (χ1v) is 14.8. The van der Waals surface area contributed by atoms with Crippen molar-refractivity contribution in [3.63, 3.8) is 0 Å². The molecule has 0 aliphatic heterocycles. The molecule has 8 heteroatoms. The summed E-state index contributed by atoms with van der Waals surface area (Å²) < 4.78 is 45.9. The smallest absolute Gasteiger partial charge is 0.416 e. The molecule has 1 heterocycles. The standard InChI is InChI=1S/C24H28F3NOS2Si/c1-15-14-19(12-13-20(15)29-32(6,7)23(3,4)5)30-22-16(2)28-21(31-22)17-8-10-18(11-9-17)24(25,26)27/h8-14H,1-7H3. The predicted molar refractivity (Wildman–Crippen MR) is 130 cm³/mol. The number of hydrogen-bond acceptors (Lipinski definition) is 4. The van der Waals surface area contributed by atoms with Gasteiger partial charge >= 0.3 is 6.18 Å². The zero-order valence-electron chi connectivity index (χ0n) is 19.3. The topological polar surface area (TPSA) is 22.1 Å². The number of halogens is 3. The van der Waals surface area contributed by atoms with Crippen molar-refractivity contribution < 1.29 is 17.6 Å². The maximum Gasteiger partial charge on any atom is 0.416 e. The van der Waals surface area contributed by atoms with Crippen LogP contribution in [0.2, 0.25) is 18.1 Å². The van der Waals surface area contributed by atoms with Crippen LogP contribution in [0.1, 0.15) is 37.6 Å². The van der Waals surface area contributed by atoms with Crippen LogP contribution < -0.4 is 4.43 Å². The Hall–Kier alpha value is -1.77. The summed E-state index contributed by atoms with van der Waals surface area (Å²) in [5, 5.41) is 0.842. The van der Waals surface area contributed by atoms with Crippen molar-refractivity contribution in [3.8, 4) is 16.3 Å². The first kappa shape index (κ1) is 24.9. The molecule has 0 saturated heterocycles. The average Bonchev–Trinajstić information content (AvgIpc) is 3.03. The van der Waals surface area contributed by atoms with E-state index in [9.17, 15) is 13.2 Å². The number of aromatic nitrogens is 1. The molecule has 172 valence electrons. The molecule has 0 spiro atoms. The number of nitrogens with zero attached hydrogens (tertiary/aromatic N) is 1. The molecule has 0 N–H and O–H groups in total. The monoisotopic (exact) mass is 495 g/mol. The minimum Gasteiger partial charge on any atom is -0.543 e. The Kier molecular flexibility index (Phi) is 6.89. The van der Waals surface area contributed by atoms with E-state index in [1.165, 1.54) is 23.5 Å². The minimum absolute atomic E-state index is 0.126. The number of aryl methyl sites for hydroxylation is 2. The second-order valence-corrected chi connectivity index (χ2v) is 16.4. The summed E-state index contributed by atoms with van der Waals surface area (Å²) in [6.45, 7) is 15.1. The predicted octanol–water partition coefficient (Wildman–Crippen LogP) is 8.98. The van der Waals surface area contributed by atoms with Gasteiger partial charge in [0.15, 0.2) is 0 Å². The fraction of sp³-hybridized carbons (Fsp3) is 0.375. The van der Waals surface area contributed by atoms with E-state index in [4.69, 9.17) is 4.43 Å². The average molecular weight is 496 g/mol. The first-order valence-electron chi connectivity index (χ1n) is 10.3. The van der Waals surface area contributed by atoms with E-state index < -0.39 is 20.1 Å². The highest BCUT2D eigenvalue weighted by molar-refractivity contribution is 8.01. The lowest BCUT2D eigenvalue weighted by Gasteiger charge is -2.37. The van der Waals surface area contributed by atoms with Gasteiger partial charge in [-0.15, -0.1) is 11.3 Å². The molecule has 2 aromatic carbocycles. The van der Waals surface area contributed by atoms with Crippen molar-refractivity contribution in [2.45, 2.75) is 68.0 Å². The molecule has 0 saturated carbocycles. The Labute approximate surface area is 197 Å². The van der Waals surface area contributed by atoms with E-state index in [-0.39, 0.29) is 5.04 Å². The second kappa shape index (κ2) is 8.87. The van der Waals surface area contributed by atoms with Crippen molar-refractivity contribution >= 4 is 31.4 Å². The third kappa shape index (κ3) is 5.58. The summed E-state index contributed by atoms with van der Waals surface area (Å²) >= 11 is 3.11. The highest BCUT2D eigenvalue weighted by atomic mass is 32.2. The molecular formula is C24H28F3NOS2Si. The van der Waals surface area contributed by atoms with Crippen LogP contribution >= 0.6 is 23.1 Å². The van der Waals surface area contributed by atoms with Gasteiger partial charge in [-0.1, -0.05) is 44.7 Å². The summed E-state index contributed by atoms with van der Waals surface area (Å²) in [4.78, 5) is 5.66. The zero-order chi connectivity index (χ0) is 23.9. The van der Waals surface area contributed by atoms with Gasteiger partial charge in [-0.05, 0) is 67.9 Å². The summed E-state index contributed by atoms with van der Waals surface area (Å²) in [6.07, 6.45) is -4.34. The van der Waals surface area contributed by atoms with Crippen LogP contribution in [0.3, 0.4) is 0 Å². The normalized spacial score (nSPS) is 12.8. The fourth-order valence-electron chi connectivity index (χ4n) is 2.74. The van der Waals surface area contributed by atoms with Gasteiger partial charge in [-0.2, -0.15) is 13.2 Å². The lowest BCUT2D eigenvalue weighted by atomic mass is 10.1. The quantitative estimate of drug-likeness (QED) is 0.330. The van der Waals surface area contributed by atoms with Crippen LogP contribution in [0, 0.1) is 13.8 Å². The molecule has 32 heavy (non-hydrogen) atoms. The molecule has 3 aromatic rings. The number of thiazole rings is 1. The van der Waals surface area contributed by atoms with Gasteiger partial charge in [0, 0.05) is 10.5 Å². The van der Waals surface area contributed by atoms with Gasteiger partial charge in [0.25, 0.3) is 0 Å². The van der Waals surface area contributed by atoms with E-state index in [1.54, 1.807) is 11.8 Å². The van der Waals surface area contributed by atoms with Crippen LogP contribution in [0.5, 0.6) is 5.75 Å². The highest BCUT2D eigenvalue weighted by Gasteiger charge is 2.39.